The molecule has 0 saturated carbocycles. The molecule has 1 amide bonds. The molecule has 0 aromatic rings. The van der Waals surface area contributed by atoms with E-state index < -0.39 is 18.6 Å². The Morgan fingerprint density at radius 2 is 1.93 bits per heavy atom. The molecular formula is C9H16F3NO2. The molecular weight excluding hydrogens is 211 g/mol. The molecule has 0 N–H and O–H groups in total. The van der Waals surface area contributed by atoms with Crippen molar-refractivity contribution < 1.29 is 22.7 Å². The summed E-state index contributed by atoms with van der Waals surface area (Å²) < 4.78 is 41.0. The highest BCUT2D eigenvalue weighted by Crippen LogP contribution is 2.16. The summed E-state index contributed by atoms with van der Waals surface area (Å²) in [6, 6.07) is 0. The van der Waals surface area contributed by atoms with Crippen molar-refractivity contribution in [1.29, 1.82) is 0 Å². The summed E-state index contributed by atoms with van der Waals surface area (Å²) >= 11 is 0. The van der Waals surface area contributed by atoms with Gasteiger partial charge in [0, 0.05) is 13.2 Å². The van der Waals surface area contributed by atoms with E-state index in [0.717, 1.165) is 4.90 Å². The molecule has 0 saturated heterocycles. The fourth-order valence-electron chi connectivity index (χ4n) is 1.06. The van der Waals surface area contributed by atoms with Crippen LogP contribution in [0.25, 0.3) is 0 Å². The van der Waals surface area contributed by atoms with Crippen LogP contribution in [0.15, 0.2) is 0 Å². The first-order valence-electron chi connectivity index (χ1n) is 4.83. The van der Waals surface area contributed by atoms with Gasteiger partial charge in [0.05, 0.1) is 0 Å². The second-order valence-electron chi connectivity index (χ2n) is 3.07. The Morgan fingerprint density at radius 3 is 2.33 bits per heavy atom. The number of amides is 1. The minimum atomic E-state index is -4.35. The zero-order chi connectivity index (χ0) is 11.9. The Kier molecular flexibility index (Phi) is 6.31. The van der Waals surface area contributed by atoms with E-state index in [1.165, 1.54) is 0 Å². The van der Waals surface area contributed by atoms with E-state index in [9.17, 15) is 18.0 Å². The number of carbonyl (C=O) groups is 1. The summed E-state index contributed by atoms with van der Waals surface area (Å²) in [5.41, 5.74) is 0. The van der Waals surface area contributed by atoms with Crippen molar-refractivity contribution in [2.24, 2.45) is 0 Å². The number of halogens is 3. The maximum atomic E-state index is 12.1. The van der Waals surface area contributed by atoms with Gasteiger partial charge in [0.25, 0.3) is 0 Å². The first-order chi connectivity index (χ1) is 6.90. The normalized spacial score (nSPS) is 11.5. The molecule has 0 aromatic heterocycles. The molecule has 0 aliphatic rings. The number of ether oxygens (including phenoxy) is 1. The van der Waals surface area contributed by atoms with E-state index in [-0.39, 0.29) is 13.2 Å². The third-order valence-corrected chi connectivity index (χ3v) is 1.65. The lowest BCUT2D eigenvalue weighted by atomic mass is 10.4. The van der Waals surface area contributed by atoms with Gasteiger partial charge in [-0.25, -0.2) is 0 Å². The predicted octanol–water partition coefficient (Wildman–Crippen LogP) is 1.82. The Labute approximate surface area is 87.2 Å². The minimum Gasteiger partial charge on any atom is -0.372 e. The van der Waals surface area contributed by atoms with Crippen LogP contribution in [-0.4, -0.2) is 43.3 Å². The topological polar surface area (TPSA) is 29.5 Å². The average Bonchev–Trinajstić information content (AvgIpc) is 2.11. The number of hydrogen-bond acceptors (Lipinski definition) is 2. The van der Waals surface area contributed by atoms with Gasteiger partial charge in [0.1, 0.15) is 13.2 Å². The van der Waals surface area contributed by atoms with Gasteiger partial charge in [0.2, 0.25) is 5.91 Å². The standard InChI is InChI=1S/C9H16F3NO2/c1-3-5-13(7-9(10,11)12)8(14)6-15-4-2/h3-7H2,1-2H3. The molecule has 0 bridgehead atoms. The lowest BCUT2D eigenvalue weighted by Gasteiger charge is -2.23. The quantitative estimate of drug-likeness (QED) is 0.692. The van der Waals surface area contributed by atoms with Gasteiger partial charge in [-0.3, -0.25) is 4.79 Å². The zero-order valence-electron chi connectivity index (χ0n) is 8.93. The Hall–Kier alpha value is -0.780. The molecule has 0 heterocycles. The maximum Gasteiger partial charge on any atom is 0.406 e. The van der Waals surface area contributed by atoms with Crippen LogP contribution in [0.2, 0.25) is 0 Å². The second kappa shape index (κ2) is 6.66. The first-order valence-corrected chi connectivity index (χ1v) is 4.83. The largest absolute Gasteiger partial charge is 0.406 e. The molecule has 0 atom stereocenters. The number of carbonyl (C=O) groups excluding carboxylic acids is 1. The van der Waals surface area contributed by atoms with Crippen molar-refractivity contribution in [2.45, 2.75) is 26.4 Å². The minimum absolute atomic E-state index is 0.103. The fourth-order valence-corrected chi connectivity index (χ4v) is 1.06. The van der Waals surface area contributed by atoms with Crippen LogP contribution in [-0.2, 0) is 9.53 Å². The van der Waals surface area contributed by atoms with E-state index >= 15 is 0 Å². The molecule has 15 heavy (non-hydrogen) atoms. The summed E-state index contributed by atoms with van der Waals surface area (Å²) in [5.74, 6) is -0.615. The van der Waals surface area contributed by atoms with Gasteiger partial charge >= 0.3 is 6.18 Å². The predicted molar refractivity (Wildman–Crippen MR) is 49.4 cm³/mol. The molecule has 0 aliphatic carbocycles. The lowest BCUT2D eigenvalue weighted by Crippen LogP contribution is -2.41. The fraction of sp³-hybridized carbons (Fsp3) is 0.889. The molecule has 6 heteroatoms. The molecule has 0 spiro atoms. The molecule has 0 unspecified atom stereocenters. The smallest absolute Gasteiger partial charge is 0.372 e. The van der Waals surface area contributed by atoms with Crippen LogP contribution < -0.4 is 0 Å². The average molecular weight is 227 g/mol. The van der Waals surface area contributed by atoms with Gasteiger partial charge in [0.15, 0.2) is 0 Å². The van der Waals surface area contributed by atoms with E-state index in [2.05, 4.69) is 0 Å². The summed E-state index contributed by atoms with van der Waals surface area (Å²) in [6.45, 7) is 2.33. The van der Waals surface area contributed by atoms with Crippen molar-refractivity contribution >= 4 is 5.91 Å². The van der Waals surface area contributed by atoms with Crippen LogP contribution in [0.3, 0.4) is 0 Å². The van der Waals surface area contributed by atoms with Gasteiger partial charge in [-0.05, 0) is 13.3 Å². The highest BCUT2D eigenvalue weighted by Gasteiger charge is 2.32. The Morgan fingerprint density at radius 1 is 1.33 bits per heavy atom. The lowest BCUT2D eigenvalue weighted by molar-refractivity contribution is -0.163. The first kappa shape index (κ1) is 14.2. The van der Waals surface area contributed by atoms with E-state index in [4.69, 9.17) is 4.74 Å². The van der Waals surface area contributed by atoms with E-state index in [1.807, 2.05) is 0 Å². The van der Waals surface area contributed by atoms with Crippen molar-refractivity contribution in [3.8, 4) is 0 Å². The molecule has 0 rings (SSSR count). The molecule has 0 aromatic carbocycles. The van der Waals surface area contributed by atoms with Crippen molar-refractivity contribution in [1.82, 2.24) is 4.90 Å². The van der Waals surface area contributed by atoms with Crippen LogP contribution in [0, 0.1) is 0 Å². The van der Waals surface area contributed by atoms with Gasteiger partial charge < -0.3 is 9.64 Å². The summed E-state index contributed by atoms with van der Waals surface area (Å²) in [6.07, 6.45) is -3.86. The second-order valence-corrected chi connectivity index (χ2v) is 3.07. The number of alkyl halides is 3. The third kappa shape index (κ3) is 7.18. The third-order valence-electron chi connectivity index (χ3n) is 1.65. The number of hydrogen-bond donors (Lipinski definition) is 0. The molecule has 0 fully saturated rings. The summed E-state index contributed by atoms with van der Waals surface area (Å²) in [4.78, 5) is 12.0. The van der Waals surface area contributed by atoms with Crippen LogP contribution in [0.4, 0.5) is 13.2 Å². The SMILES string of the molecule is CCCN(CC(F)(F)F)C(=O)COCC. The Balaban J connectivity index is 4.18. The van der Waals surface area contributed by atoms with Crippen molar-refractivity contribution in [2.75, 3.05) is 26.3 Å². The zero-order valence-corrected chi connectivity index (χ0v) is 8.93. The van der Waals surface area contributed by atoms with Crippen molar-refractivity contribution in [3.05, 3.63) is 0 Å². The Bertz CT molecular complexity index is 194. The number of rotatable bonds is 6. The maximum absolute atomic E-state index is 12.1. The van der Waals surface area contributed by atoms with Crippen molar-refractivity contribution in [3.63, 3.8) is 0 Å². The van der Waals surface area contributed by atoms with Crippen LogP contribution in [0.1, 0.15) is 20.3 Å². The highest BCUT2D eigenvalue weighted by atomic mass is 19.4. The summed E-state index contributed by atoms with van der Waals surface area (Å²) in [5, 5.41) is 0. The monoisotopic (exact) mass is 227 g/mol. The summed E-state index contributed by atoms with van der Waals surface area (Å²) in [7, 11) is 0. The van der Waals surface area contributed by atoms with Gasteiger partial charge in [-0.1, -0.05) is 6.92 Å². The van der Waals surface area contributed by atoms with Crippen LogP contribution in [0.5, 0.6) is 0 Å². The van der Waals surface area contributed by atoms with E-state index in [0.29, 0.717) is 13.0 Å². The molecule has 0 aliphatic heterocycles. The highest BCUT2D eigenvalue weighted by molar-refractivity contribution is 5.77. The van der Waals surface area contributed by atoms with Gasteiger partial charge in [-0.15, -0.1) is 0 Å². The molecule has 90 valence electrons. The number of nitrogens with zero attached hydrogens (tertiary/aromatic N) is 1. The van der Waals surface area contributed by atoms with E-state index in [1.54, 1.807) is 13.8 Å². The molecule has 0 radical (unpaired) electrons. The van der Waals surface area contributed by atoms with Crippen LogP contribution >= 0.6 is 0 Å². The van der Waals surface area contributed by atoms with Gasteiger partial charge in [-0.2, -0.15) is 13.2 Å². The molecule has 3 nitrogen and oxygen atoms in total.